The van der Waals surface area contributed by atoms with Gasteiger partial charge < -0.3 is 9.73 Å². The van der Waals surface area contributed by atoms with Crippen LogP contribution in [0.4, 0.5) is 11.4 Å². The van der Waals surface area contributed by atoms with E-state index in [2.05, 4.69) is 20.6 Å². The Labute approximate surface area is 180 Å². The van der Waals surface area contributed by atoms with E-state index in [0.717, 1.165) is 0 Å². The number of nitrogens with one attached hydrogen (secondary N) is 3. The van der Waals surface area contributed by atoms with Crippen molar-refractivity contribution in [3.8, 4) is 0 Å². The Hall–Kier alpha value is -3.55. The van der Waals surface area contributed by atoms with Crippen molar-refractivity contribution in [2.75, 3.05) is 5.32 Å². The highest BCUT2D eigenvalue weighted by molar-refractivity contribution is 6.31. The van der Waals surface area contributed by atoms with Crippen LogP contribution < -0.4 is 16.4 Å². The summed E-state index contributed by atoms with van der Waals surface area (Å²) in [5, 5.41) is 6.88. The standard InChI is InChI=1S/C21H14Cl2N4O3/c22-13-3-1-12(2-4-13)19(28)27-20(24-15-7-5-14(23)6-8-15)25-16-9-10-17-18(11-16)30-21(29)26-17/h1-11H,(H,26,29)(H2,24,25,27,28). The molecular weight excluding hydrogens is 427 g/mol. The molecule has 7 nitrogen and oxygen atoms in total. The number of hydrogen-bond donors (Lipinski definition) is 3. The first-order valence-corrected chi connectivity index (χ1v) is 9.53. The molecule has 9 heteroatoms. The van der Waals surface area contributed by atoms with E-state index in [1.54, 1.807) is 66.7 Å². The van der Waals surface area contributed by atoms with E-state index in [1.165, 1.54) is 0 Å². The molecule has 3 N–H and O–H groups in total. The van der Waals surface area contributed by atoms with E-state index in [4.69, 9.17) is 27.6 Å². The number of H-pyrrole nitrogens is 1. The number of halogens is 2. The van der Waals surface area contributed by atoms with Gasteiger partial charge in [0.1, 0.15) is 0 Å². The molecule has 0 spiro atoms. The summed E-state index contributed by atoms with van der Waals surface area (Å²) in [4.78, 5) is 31.1. The third kappa shape index (κ3) is 4.71. The number of benzene rings is 3. The molecule has 4 aromatic rings. The van der Waals surface area contributed by atoms with E-state index in [9.17, 15) is 9.59 Å². The molecule has 3 aromatic carbocycles. The Morgan fingerprint density at radius 3 is 2.30 bits per heavy atom. The highest BCUT2D eigenvalue weighted by Crippen LogP contribution is 2.19. The van der Waals surface area contributed by atoms with Crippen LogP contribution in [0.15, 0.2) is 80.9 Å². The average Bonchev–Trinajstić information content (AvgIpc) is 3.09. The van der Waals surface area contributed by atoms with Gasteiger partial charge in [-0.3, -0.25) is 15.1 Å². The molecule has 0 saturated carbocycles. The van der Waals surface area contributed by atoms with E-state index in [1.807, 2.05) is 0 Å². The minimum atomic E-state index is -0.548. The zero-order valence-corrected chi connectivity index (χ0v) is 16.8. The molecule has 0 unspecified atom stereocenters. The number of anilines is 1. The van der Waals surface area contributed by atoms with Crippen LogP contribution in [0.3, 0.4) is 0 Å². The van der Waals surface area contributed by atoms with Gasteiger partial charge in [0, 0.05) is 27.4 Å². The number of aromatic amines is 1. The second kappa shape index (κ2) is 8.44. The zero-order chi connectivity index (χ0) is 21.1. The van der Waals surface area contributed by atoms with Crippen molar-refractivity contribution in [1.29, 1.82) is 0 Å². The van der Waals surface area contributed by atoms with Crippen LogP contribution >= 0.6 is 23.2 Å². The number of oxazole rings is 1. The summed E-state index contributed by atoms with van der Waals surface area (Å²) in [7, 11) is 0. The molecular formula is C21H14Cl2N4O3. The number of rotatable bonds is 3. The summed E-state index contributed by atoms with van der Waals surface area (Å²) in [6.45, 7) is 0. The Morgan fingerprint density at radius 2 is 1.60 bits per heavy atom. The second-order valence-corrected chi connectivity index (χ2v) is 7.12. The smallest absolute Gasteiger partial charge is 0.408 e. The maximum absolute atomic E-state index is 12.7. The van der Waals surface area contributed by atoms with Gasteiger partial charge in [-0.25, -0.2) is 9.79 Å². The van der Waals surface area contributed by atoms with Crippen LogP contribution in [0.1, 0.15) is 10.4 Å². The molecule has 1 heterocycles. The highest BCUT2D eigenvalue weighted by Gasteiger charge is 2.11. The van der Waals surface area contributed by atoms with Crippen LogP contribution in [0.2, 0.25) is 10.0 Å². The van der Waals surface area contributed by atoms with Crippen molar-refractivity contribution in [3.05, 3.63) is 92.9 Å². The summed E-state index contributed by atoms with van der Waals surface area (Å²) in [5.74, 6) is -0.746. The molecule has 0 saturated heterocycles. The van der Waals surface area contributed by atoms with Crippen molar-refractivity contribution in [3.63, 3.8) is 0 Å². The highest BCUT2D eigenvalue weighted by atomic mass is 35.5. The Bertz CT molecular complexity index is 1290. The number of nitrogens with zero attached hydrogens (tertiary/aromatic N) is 1. The topological polar surface area (TPSA) is 99.5 Å². The van der Waals surface area contributed by atoms with Gasteiger partial charge in [0.05, 0.1) is 11.2 Å². The lowest BCUT2D eigenvalue weighted by molar-refractivity contribution is 0.0977. The minimum absolute atomic E-state index is 0.175. The lowest BCUT2D eigenvalue weighted by Gasteiger charge is -2.12. The number of guanidine groups is 1. The molecule has 0 aliphatic carbocycles. The Balaban J connectivity index is 1.64. The predicted octanol–water partition coefficient (Wildman–Crippen LogP) is 4.96. The summed E-state index contributed by atoms with van der Waals surface area (Å²) in [5.41, 5.74) is 2.49. The lowest BCUT2D eigenvalue weighted by atomic mass is 10.2. The van der Waals surface area contributed by atoms with Crippen LogP contribution in [-0.4, -0.2) is 16.9 Å². The molecule has 0 fully saturated rings. The number of aliphatic imine (C=N–C) groups is 1. The van der Waals surface area contributed by atoms with E-state index >= 15 is 0 Å². The van der Waals surface area contributed by atoms with Crippen LogP contribution in [0.5, 0.6) is 0 Å². The second-order valence-electron chi connectivity index (χ2n) is 6.25. The van der Waals surface area contributed by atoms with Crippen LogP contribution in [0.25, 0.3) is 11.1 Å². The van der Waals surface area contributed by atoms with Crippen molar-refractivity contribution >= 4 is 57.5 Å². The summed E-state index contributed by atoms with van der Waals surface area (Å²) < 4.78 is 5.08. The molecule has 0 bridgehead atoms. The zero-order valence-electron chi connectivity index (χ0n) is 15.3. The fraction of sp³-hybridized carbons (Fsp3) is 0. The number of amides is 1. The fourth-order valence-electron chi connectivity index (χ4n) is 2.67. The van der Waals surface area contributed by atoms with Crippen LogP contribution in [0, 0.1) is 0 Å². The number of carbonyl (C=O) groups excluding carboxylic acids is 1. The average molecular weight is 441 g/mol. The van der Waals surface area contributed by atoms with Crippen molar-refractivity contribution in [2.45, 2.75) is 0 Å². The molecule has 30 heavy (non-hydrogen) atoms. The fourth-order valence-corrected chi connectivity index (χ4v) is 2.92. The largest absolute Gasteiger partial charge is 0.417 e. The number of hydrogen-bond acceptors (Lipinski definition) is 4. The third-order valence-electron chi connectivity index (χ3n) is 4.09. The first-order valence-electron chi connectivity index (χ1n) is 8.77. The SMILES string of the molecule is O=C(NC(=Nc1ccc(Cl)cc1)Nc1ccc2[nH]c(=O)oc2c1)c1ccc(Cl)cc1. The van der Waals surface area contributed by atoms with Crippen molar-refractivity contribution in [1.82, 2.24) is 10.3 Å². The van der Waals surface area contributed by atoms with Gasteiger partial charge in [0.25, 0.3) is 5.91 Å². The molecule has 0 aliphatic heterocycles. The number of carbonyl (C=O) groups is 1. The first kappa shape index (κ1) is 19.8. The molecule has 150 valence electrons. The predicted molar refractivity (Wildman–Crippen MR) is 118 cm³/mol. The lowest BCUT2D eigenvalue weighted by Crippen LogP contribution is -2.35. The molecule has 0 radical (unpaired) electrons. The quantitative estimate of drug-likeness (QED) is 0.309. The number of aromatic nitrogens is 1. The number of fused-ring (bicyclic) bond motifs is 1. The van der Waals surface area contributed by atoms with Crippen LogP contribution in [-0.2, 0) is 0 Å². The van der Waals surface area contributed by atoms with E-state index in [0.29, 0.717) is 38.1 Å². The first-order chi connectivity index (χ1) is 14.5. The third-order valence-corrected chi connectivity index (χ3v) is 4.59. The summed E-state index contributed by atoms with van der Waals surface area (Å²) >= 11 is 11.8. The van der Waals surface area contributed by atoms with Crippen molar-refractivity contribution < 1.29 is 9.21 Å². The van der Waals surface area contributed by atoms with E-state index < -0.39 is 5.76 Å². The van der Waals surface area contributed by atoms with Crippen molar-refractivity contribution in [2.24, 2.45) is 4.99 Å². The maximum Gasteiger partial charge on any atom is 0.417 e. The molecule has 0 aliphatic rings. The van der Waals surface area contributed by atoms with Gasteiger partial charge in [-0.1, -0.05) is 23.2 Å². The molecule has 1 amide bonds. The monoisotopic (exact) mass is 440 g/mol. The maximum atomic E-state index is 12.7. The molecule has 0 atom stereocenters. The normalized spacial score (nSPS) is 11.5. The van der Waals surface area contributed by atoms with Gasteiger partial charge in [-0.15, -0.1) is 0 Å². The van der Waals surface area contributed by atoms with Gasteiger partial charge in [0.15, 0.2) is 5.58 Å². The summed E-state index contributed by atoms with van der Waals surface area (Å²) in [6.07, 6.45) is 0. The van der Waals surface area contributed by atoms with Gasteiger partial charge in [-0.05, 0) is 60.7 Å². The minimum Gasteiger partial charge on any atom is -0.408 e. The van der Waals surface area contributed by atoms with Gasteiger partial charge in [-0.2, -0.15) is 0 Å². The summed E-state index contributed by atoms with van der Waals surface area (Å²) in [6, 6.07) is 18.3. The Morgan fingerprint density at radius 1 is 0.933 bits per heavy atom. The van der Waals surface area contributed by atoms with Gasteiger partial charge >= 0.3 is 5.76 Å². The van der Waals surface area contributed by atoms with E-state index in [-0.39, 0.29) is 11.9 Å². The molecule has 4 rings (SSSR count). The Kier molecular flexibility index (Phi) is 5.56. The molecule has 1 aromatic heterocycles. The van der Waals surface area contributed by atoms with Gasteiger partial charge in [0.2, 0.25) is 5.96 Å².